The summed E-state index contributed by atoms with van der Waals surface area (Å²) < 4.78 is 68.6. The number of carbonyl (C=O) groups is 1. The average molecular weight is 531 g/mol. The third-order valence-electron chi connectivity index (χ3n) is 5.50. The number of nitrogens with zero attached hydrogens (tertiary/aromatic N) is 2. The Morgan fingerprint density at radius 2 is 1.81 bits per heavy atom. The standard InChI is InChI=1S/C26H22F4N4O2S/c1-37(2,36)23-9-4-3-8-19(23)17-10-11-21(20(27)13-17)32-25(35)22-14-24(26(28,29)30)33-34(22)18-7-5-6-16(12-18)15-31/h3-14H,1,15,31H2,2H3,(H,32,35). The number of rotatable bonds is 6. The third-order valence-corrected chi connectivity index (χ3v) is 6.79. The highest BCUT2D eigenvalue weighted by Crippen LogP contribution is 2.32. The molecule has 3 N–H and O–H groups in total. The van der Waals surface area contributed by atoms with E-state index in [1.165, 1.54) is 30.5 Å². The molecular weight excluding hydrogens is 508 g/mol. The van der Waals surface area contributed by atoms with Crippen molar-refractivity contribution in [2.45, 2.75) is 17.6 Å². The highest BCUT2D eigenvalue weighted by atomic mass is 32.2. The summed E-state index contributed by atoms with van der Waals surface area (Å²) >= 11 is 0. The van der Waals surface area contributed by atoms with Gasteiger partial charge in [0.2, 0.25) is 0 Å². The molecule has 4 rings (SSSR count). The average Bonchev–Trinajstić information content (AvgIpc) is 3.31. The minimum atomic E-state index is -4.81. The fourth-order valence-electron chi connectivity index (χ4n) is 3.75. The lowest BCUT2D eigenvalue weighted by molar-refractivity contribution is -0.141. The van der Waals surface area contributed by atoms with E-state index in [0.29, 0.717) is 27.7 Å². The van der Waals surface area contributed by atoms with Crippen LogP contribution >= 0.6 is 0 Å². The molecule has 1 heterocycles. The summed E-state index contributed by atoms with van der Waals surface area (Å²) in [6.07, 6.45) is -3.34. The van der Waals surface area contributed by atoms with Crippen LogP contribution in [0.2, 0.25) is 0 Å². The Balaban J connectivity index is 1.71. The molecule has 3 aromatic carbocycles. The molecule has 6 nitrogen and oxygen atoms in total. The first kappa shape index (κ1) is 26.1. The molecule has 1 unspecified atom stereocenters. The predicted octanol–water partition coefficient (Wildman–Crippen LogP) is 5.11. The normalized spacial score (nSPS) is 13.2. The van der Waals surface area contributed by atoms with Crippen LogP contribution in [0.1, 0.15) is 21.7 Å². The number of halogens is 4. The molecule has 192 valence electrons. The van der Waals surface area contributed by atoms with Crippen LogP contribution in [0.15, 0.2) is 77.7 Å². The Labute approximate surface area is 210 Å². The largest absolute Gasteiger partial charge is 0.435 e. The van der Waals surface area contributed by atoms with E-state index in [4.69, 9.17) is 5.73 Å². The first-order valence-corrected chi connectivity index (χ1v) is 13.0. The quantitative estimate of drug-likeness (QED) is 0.268. The van der Waals surface area contributed by atoms with Crippen LogP contribution in [0.5, 0.6) is 0 Å². The number of alkyl halides is 3. The van der Waals surface area contributed by atoms with Crippen LogP contribution in [0, 0.1) is 5.82 Å². The van der Waals surface area contributed by atoms with Crippen LogP contribution in [0.25, 0.3) is 16.8 Å². The molecule has 0 aliphatic carbocycles. The van der Waals surface area contributed by atoms with Crippen molar-refractivity contribution in [2.75, 3.05) is 11.6 Å². The summed E-state index contributed by atoms with van der Waals surface area (Å²) in [5, 5.41) is 5.88. The van der Waals surface area contributed by atoms with Gasteiger partial charge in [-0.25, -0.2) is 9.07 Å². The van der Waals surface area contributed by atoms with E-state index in [9.17, 15) is 22.2 Å². The maximum atomic E-state index is 15.0. The number of hydrogen-bond donors (Lipinski definition) is 2. The van der Waals surface area contributed by atoms with Gasteiger partial charge in [0.1, 0.15) is 11.5 Å². The smallest absolute Gasteiger partial charge is 0.326 e. The van der Waals surface area contributed by atoms with Gasteiger partial charge in [-0.05, 0) is 62.4 Å². The maximum absolute atomic E-state index is 15.0. The van der Waals surface area contributed by atoms with E-state index in [-0.39, 0.29) is 17.9 Å². The summed E-state index contributed by atoms with van der Waals surface area (Å²) in [7, 11) is -2.61. The minimum absolute atomic E-state index is 0.130. The van der Waals surface area contributed by atoms with Crippen LogP contribution in [-0.2, 0) is 22.2 Å². The molecule has 1 atom stereocenters. The number of anilines is 1. The highest BCUT2D eigenvalue weighted by molar-refractivity contribution is 7.99. The lowest BCUT2D eigenvalue weighted by atomic mass is 10.0. The van der Waals surface area contributed by atoms with Gasteiger partial charge in [-0.15, -0.1) is 0 Å². The van der Waals surface area contributed by atoms with E-state index < -0.39 is 38.8 Å². The van der Waals surface area contributed by atoms with Crippen molar-refractivity contribution in [2.24, 2.45) is 5.73 Å². The molecule has 0 radical (unpaired) electrons. The van der Waals surface area contributed by atoms with Crippen molar-refractivity contribution in [3.8, 4) is 16.8 Å². The summed E-state index contributed by atoms with van der Waals surface area (Å²) in [6, 6.07) is 17.5. The summed E-state index contributed by atoms with van der Waals surface area (Å²) in [5.74, 6) is 1.85. The highest BCUT2D eigenvalue weighted by Gasteiger charge is 2.36. The number of aromatic nitrogens is 2. The predicted molar refractivity (Wildman–Crippen MR) is 136 cm³/mol. The second-order valence-corrected chi connectivity index (χ2v) is 10.8. The zero-order valence-corrected chi connectivity index (χ0v) is 20.4. The Kier molecular flexibility index (Phi) is 6.94. The monoisotopic (exact) mass is 530 g/mol. The number of hydrogen-bond acceptors (Lipinski definition) is 4. The van der Waals surface area contributed by atoms with Gasteiger partial charge in [0.25, 0.3) is 5.91 Å². The van der Waals surface area contributed by atoms with E-state index in [0.717, 1.165) is 10.7 Å². The maximum Gasteiger partial charge on any atom is 0.435 e. The Hall–Kier alpha value is -3.96. The molecule has 1 aromatic heterocycles. The molecule has 0 aliphatic heterocycles. The van der Waals surface area contributed by atoms with Gasteiger partial charge in [-0.3, -0.25) is 9.00 Å². The lowest BCUT2D eigenvalue weighted by Crippen LogP contribution is -2.18. The van der Waals surface area contributed by atoms with Crippen molar-refractivity contribution >= 4 is 27.0 Å². The molecule has 0 spiro atoms. The molecule has 0 bridgehead atoms. The van der Waals surface area contributed by atoms with E-state index in [1.54, 1.807) is 36.4 Å². The van der Waals surface area contributed by atoms with Crippen LogP contribution in [0.3, 0.4) is 0 Å². The lowest BCUT2D eigenvalue weighted by Gasteiger charge is -2.13. The van der Waals surface area contributed by atoms with Crippen LogP contribution < -0.4 is 11.1 Å². The number of benzene rings is 3. The fraction of sp³-hybridized carbons (Fsp3) is 0.115. The molecular formula is C26H22F4N4O2S. The SMILES string of the molecule is C=S(C)(=O)c1ccccc1-c1ccc(NC(=O)c2cc(C(F)(F)F)nn2-c2cccc(CN)c2)c(F)c1. The Bertz CT molecular complexity index is 1590. The second kappa shape index (κ2) is 9.83. The summed E-state index contributed by atoms with van der Waals surface area (Å²) in [4.78, 5) is 13.5. The summed E-state index contributed by atoms with van der Waals surface area (Å²) in [6.45, 7) is 0.130. The van der Waals surface area contributed by atoms with Gasteiger partial charge >= 0.3 is 6.18 Å². The molecule has 0 saturated heterocycles. The van der Waals surface area contributed by atoms with Crippen molar-refractivity contribution in [3.05, 3.63) is 95.6 Å². The van der Waals surface area contributed by atoms with Crippen molar-refractivity contribution in [1.29, 1.82) is 0 Å². The first-order valence-electron chi connectivity index (χ1n) is 10.9. The zero-order chi connectivity index (χ0) is 27.0. The molecule has 0 fully saturated rings. The van der Waals surface area contributed by atoms with Gasteiger partial charge in [0, 0.05) is 23.8 Å². The fourth-order valence-corrected chi connectivity index (χ4v) is 4.76. The number of nitrogens with one attached hydrogen (secondary N) is 1. The number of amides is 1. The van der Waals surface area contributed by atoms with Gasteiger partial charge in [-0.2, -0.15) is 18.3 Å². The van der Waals surface area contributed by atoms with Crippen molar-refractivity contribution in [1.82, 2.24) is 9.78 Å². The Morgan fingerprint density at radius 3 is 2.46 bits per heavy atom. The molecule has 37 heavy (non-hydrogen) atoms. The second-order valence-electron chi connectivity index (χ2n) is 8.35. The minimum Gasteiger partial charge on any atom is -0.326 e. The first-order chi connectivity index (χ1) is 17.4. The topological polar surface area (TPSA) is 90.0 Å². The van der Waals surface area contributed by atoms with Gasteiger partial charge in [-0.1, -0.05) is 36.4 Å². The summed E-state index contributed by atoms with van der Waals surface area (Å²) in [5.41, 5.74) is 5.36. The third kappa shape index (κ3) is 5.57. The number of carbonyl (C=O) groups excluding carboxylic acids is 1. The Morgan fingerprint density at radius 1 is 1.08 bits per heavy atom. The molecule has 0 aliphatic rings. The molecule has 11 heteroatoms. The van der Waals surface area contributed by atoms with E-state index >= 15 is 4.39 Å². The van der Waals surface area contributed by atoms with E-state index in [1.807, 2.05) is 0 Å². The molecule has 4 aromatic rings. The zero-order valence-electron chi connectivity index (χ0n) is 19.6. The van der Waals surface area contributed by atoms with Crippen LogP contribution in [-0.4, -0.2) is 32.0 Å². The van der Waals surface area contributed by atoms with Gasteiger partial charge in [0.05, 0.1) is 11.4 Å². The van der Waals surface area contributed by atoms with Crippen molar-refractivity contribution < 1.29 is 26.6 Å². The molecule has 0 saturated carbocycles. The van der Waals surface area contributed by atoms with Crippen LogP contribution in [0.4, 0.5) is 23.2 Å². The molecule has 1 amide bonds. The van der Waals surface area contributed by atoms with E-state index in [2.05, 4.69) is 16.3 Å². The number of nitrogens with two attached hydrogens (primary N) is 1. The van der Waals surface area contributed by atoms with Crippen molar-refractivity contribution in [3.63, 3.8) is 0 Å². The van der Waals surface area contributed by atoms with Gasteiger partial charge in [0.15, 0.2) is 5.69 Å². The van der Waals surface area contributed by atoms with Gasteiger partial charge < -0.3 is 11.1 Å².